The molecule has 0 aliphatic rings. The van der Waals surface area contributed by atoms with E-state index in [-0.39, 0.29) is 5.91 Å². The van der Waals surface area contributed by atoms with Gasteiger partial charge in [-0.2, -0.15) is 0 Å². The molecule has 96 valence electrons. The molecule has 3 heteroatoms. The predicted octanol–water partition coefficient (Wildman–Crippen LogP) is 2.58. The minimum Gasteiger partial charge on any atom is -0.392 e. The van der Waals surface area contributed by atoms with Crippen LogP contribution < -0.4 is 0 Å². The Labute approximate surface area is 99.8 Å². The van der Waals surface area contributed by atoms with Crippen LogP contribution in [-0.2, 0) is 4.79 Å². The molecule has 0 spiro atoms. The maximum Gasteiger partial charge on any atom is 0.222 e. The molecule has 0 heterocycles. The fraction of sp³-hybridized carbons (Fsp3) is 0.923. The molecule has 1 atom stereocenters. The monoisotopic (exact) mass is 229 g/mol. The van der Waals surface area contributed by atoms with Crippen molar-refractivity contribution in [2.75, 3.05) is 13.6 Å². The molecule has 0 saturated carbocycles. The maximum absolute atomic E-state index is 11.6. The van der Waals surface area contributed by atoms with E-state index in [1.165, 1.54) is 25.7 Å². The van der Waals surface area contributed by atoms with Crippen molar-refractivity contribution in [2.24, 2.45) is 0 Å². The van der Waals surface area contributed by atoms with Gasteiger partial charge in [-0.25, -0.2) is 0 Å². The third-order valence-corrected chi connectivity index (χ3v) is 2.71. The van der Waals surface area contributed by atoms with Crippen LogP contribution in [0.4, 0.5) is 0 Å². The molecular weight excluding hydrogens is 202 g/mol. The van der Waals surface area contributed by atoms with Crippen LogP contribution in [0.2, 0.25) is 0 Å². The Kier molecular flexibility index (Phi) is 9.30. The molecule has 0 rings (SSSR count). The van der Waals surface area contributed by atoms with Crippen LogP contribution in [0, 0.1) is 0 Å². The highest BCUT2D eigenvalue weighted by molar-refractivity contribution is 5.75. The molecule has 0 aromatic rings. The zero-order valence-corrected chi connectivity index (χ0v) is 11.0. The first-order valence-corrected chi connectivity index (χ1v) is 6.50. The number of hydrogen-bond donors (Lipinski definition) is 1. The number of rotatable bonds is 9. The number of carbonyl (C=O) groups is 1. The van der Waals surface area contributed by atoms with E-state index in [9.17, 15) is 4.79 Å². The summed E-state index contributed by atoms with van der Waals surface area (Å²) in [6.07, 6.45) is 7.40. The number of carbonyl (C=O) groups excluding carboxylic acids is 1. The zero-order chi connectivity index (χ0) is 12.4. The van der Waals surface area contributed by atoms with E-state index in [1.54, 1.807) is 18.9 Å². The van der Waals surface area contributed by atoms with Crippen LogP contribution in [0.25, 0.3) is 0 Å². The molecule has 3 nitrogen and oxygen atoms in total. The van der Waals surface area contributed by atoms with Crippen LogP contribution in [0.5, 0.6) is 0 Å². The maximum atomic E-state index is 11.6. The SMILES string of the molecule is CCCCCCCCC(=O)N(C)CC(C)O. The number of hydrogen-bond acceptors (Lipinski definition) is 2. The van der Waals surface area contributed by atoms with Crippen molar-refractivity contribution in [3.8, 4) is 0 Å². The molecule has 0 fully saturated rings. The molecule has 0 aromatic heterocycles. The lowest BCUT2D eigenvalue weighted by Gasteiger charge is -2.18. The topological polar surface area (TPSA) is 40.5 Å². The summed E-state index contributed by atoms with van der Waals surface area (Å²) < 4.78 is 0. The van der Waals surface area contributed by atoms with Gasteiger partial charge in [0.1, 0.15) is 0 Å². The molecule has 0 bridgehead atoms. The Bertz CT molecular complexity index is 181. The Balaban J connectivity index is 3.42. The van der Waals surface area contributed by atoms with E-state index in [2.05, 4.69) is 6.92 Å². The van der Waals surface area contributed by atoms with Crippen molar-refractivity contribution < 1.29 is 9.90 Å². The average Bonchev–Trinajstić information content (AvgIpc) is 2.21. The van der Waals surface area contributed by atoms with Crippen molar-refractivity contribution in [1.82, 2.24) is 4.90 Å². The van der Waals surface area contributed by atoms with Crippen LogP contribution in [0.15, 0.2) is 0 Å². The predicted molar refractivity (Wildman–Crippen MR) is 67.3 cm³/mol. The first-order valence-electron chi connectivity index (χ1n) is 6.50. The summed E-state index contributed by atoms with van der Waals surface area (Å²) in [6, 6.07) is 0. The van der Waals surface area contributed by atoms with Gasteiger partial charge in [-0.15, -0.1) is 0 Å². The van der Waals surface area contributed by atoms with Crippen LogP contribution in [0.1, 0.15) is 58.8 Å². The molecule has 0 aliphatic carbocycles. The zero-order valence-electron chi connectivity index (χ0n) is 11.0. The van der Waals surface area contributed by atoms with E-state index in [0.29, 0.717) is 13.0 Å². The largest absolute Gasteiger partial charge is 0.392 e. The molecule has 0 saturated heterocycles. The van der Waals surface area contributed by atoms with Crippen LogP contribution >= 0.6 is 0 Å². The van der Waals surface area contributed by atoms with Crippen molar-refractivity contribution >= 4 is 5.91 Å². The fourth-order valence-corrected chi connectivity index (χ4v) is 1.75. The first-order chi connectivity index (χ1) is 7.57. The van der Waals surface area contributed by atoms with Gasteiger partial charge in [0.25, 0.3) is 0 Å². The highest BCUT2D eigenvalue weighted by Gasteiger charge is 2.09. The van der Waals surface area contributed by atoms with Crippen LogP contribution in [0.3, 0.4) is 0 Å². The Morgan fingerprint density at radius 1 is 1.19 bits per heavy atom. The summed E-state index contributed by atoms with van der Waals surface area (Å²) in [5.74, 6) is 0.149. The fourth-order valence-electron chi connectivity index (χ4n) is 1.75. The van der Waals surface area contributed by atoms with Gasteiger partial charge < -0.3 is 10.0 Å². The Hall–Kier alpha value is -0.570. The molecule has 1 unspecified atom stereocenters. The van der Waals surface area contributed by atoms with Gasteiger partial charge in [0, 0.05) is 20.0 Å². The highest BCUT2D eigenvalue weighted by Crippen LogP contribution is 2.08. The van der Waals surface area contributed by atoms with Gasteiger partial charge >= 0.3 is 0 Å². The average molecular weight is 229 g/mol. The smallest absolute Gasteiger partial charge is 0.222 e. The van der Waals surface area contributed by atoms with E-state index in [1.807, 2.05) is 0 Å². The van der Waals surface area contributed by atoms with E-state index in [0.717, 1.165) is 12.8 Å². The molecule has 0 radical (unpaired) electrons. The molecule has 1 amide bonds. The number of unbranched alkanes of at least 4 members (excludes halogenated alkanes) is 5. The van der Waals surface area contributed by atoms with Crippen molar-refractivity contribution in [1.29, 1.82) is 0 Å². The molecule has 0 aromatic carbocycles. The molecule has 0 aliphatic heterocycles. The van der Waals surface area contributed by atoms with Gasteiger partial charge in [0.05, 0.1) is 6.10 Å². The van der Waals surface area contributed by atoms with Gasteiger partial charge in [-0.05, 0) is 13.3 Å². The summed E-state index contributed by atoms with van der Waals surface area (Å²) in [5, 5.41) is 9.15. The second kappa shape index (κ2) is 9.64. The summed E-state index contributed by atoms with van der Waals surface area (Å²) in [5.41, 5.74) is 0. The summed E-state index contributed by atoms with van der Waals surface area (Å²) >= 11 is 0. The Morgan fingerprint density at radius 3 is 2.31 bits per heavy atom. The van der Waals surface area contributed by atoms with Crippen LogP contribution in [-0.4, -0.2) is 35.6 Å². The second-order valence-corrected chi connectivity index (χ2v) is 4.64. The third kappa shape index (κ3) is 8.72. The summed E-state index contributed by atoms with van der Waals surface area (Å²) in [6.45, 7) is 4.34. The second-order valence-electron chi connectivity index (χ2n) is 4.64. The van der Waals surface area contributed by atoms with Crippen molar-refractivity contribution in [3.63, 3.8) is 0 Å². The van der Waals surface area contributed by atoms with Gasteiger partial charge in [0.2, 0.25) is 5.91 Å². The van der Waals surface area contributed by atoms with Crippen molar-refractivity contribution in [2.45, 2.75) is 64.9 Å². The normalized spacial score (nSPS) is 12.5. The third-order valence-electron chi connectivity index (χ3n) is 2.71. The van der Waals surface area contributed by atoms with Gasteiger partial charge in [0.15, 0.2) is 0 Å². The molecular formula is C13H27NO2. The first kappa shape index (κ1) is 15.4. The minimum atomic E-state index is -0.432. The summed E-state index contributed by atoms with van der Waals surface area (Å²) in [7, 11) is 1.76. The van der Waals surface area contributed by atoms with Crippen molar-refractivity contribution in [3.05, 3.63) is 0 Å². The van der Waals surface area contributed by atoms with Gasteiger partial charge in [-0.3, -0.25) is 4.79 Å². The number of aliphatic hydroxyl groups excluding tert-OH is 1. The number of aliphatic hydroxyl groups is 1. The Morgan fingerprint density at radius 2 is 1.75 bits per heavy atom. The van der Waals surface area contributed by atoms with E-state index < -0.39 is 6.10 Å². The number of amides is 1. The minimum absolute atomic E-state index is 0.149. The lowest BCUT2D eigenvalue weighted by atomic mass is 10.1. The van der Waals surface area contributed by atoms with Gasteiger partial charge in [-0.1, -0.05) is 39.0 Å². The highest BCUT2D eigenvalue weighted by atomic mass is 16.3. The lowest BCUT2D eigenvalue weighted by molar-refractivity contribution is -0.131. The van der Waals surface area contributed by atoms with E-state index >= 15 is 0 Å². The molecule has 1 N–H and O–H groups in total. The standard InChI is InChI=1S/C13H27NO2/c1-4-5-6-7-8-9-10-13(16)14(3)11-12(2)15/h12,15H,4-11H2,1-3H3. The quantitative estimate of drug-likeness (QED) is 0.617. The number of likely N-dealkylation sites (N-methyl/N-ethyl adjacent to an activating group) is 1. The van der Waals surface area contributed by atoms with E-state index in [4.69, 9.17) is 5.11 Å². The lowest BCUT2D eigenvalue weighted by Crippen LogP contribution is -2.32. The summed E-state index contributed by atoms with van der Waals surface area (Å²) in [4.78, 5) is 13.2. The molecule has 16 heavy (non-hydrogen) atoms. The number of nitrogens with zero attached hydrogens (tertiary/aromatic N) is 1.